The molecule has 10 aromatic carbocycles. The fraction of sp³-hybridized carbons (Fsp3) is 0. The molecule has 0 atom stereocenters. The Bertz CT molecular complexity index is 3490. The van der Waals surface area contributed by atoms with Crippen LogP contribution in [-0.4, -0.2) is 0 Å². The largest absolute Gasteiger partial charge is 0.456 e. The minimum Gasteiger partial charge on any atom is -0.456 e. The normalized spacial score (nSPS) is 11.7. The second-order valence-electron chi connectivity index (χ2n) is 15.3. The summed E-state index contributed by atoms with van der Waals surface area (Å²) >= 11 is 0. The van der Waals surface area contributed by atoms with Gasteiger partial charge in [0.05, 0.1) is 0 Å². The van der Waals surface area contributed by atoms with Gasteiger partial charge in [-0.05, 0) is 130 Å². The Kier molecular flexibility index (Phi) is 7.82. The van der Waals surface area contributed by atoms with Gasteiger partial charge in [-0.2, -0.15) is 0 Å². The van der Waals surface area contributed by atoms with Crippen LogP contribution in [0.1, 0.15) is 0 Å². The second-order valence-corrected chi connectivity index (χ2v) is 15.3. The van der Waals surface area contributed by atoms with E-state index in [1.54, 1.807) is 0 Å². The van der Waals surface area contributed by atoms with Crippen molar-refractivity contribution in [3.05, 3.63) is 218 Å². The lowest BCUT2D eigenvalue weighted by molar-refractivity contribution is 0.669. The molecule has 0 spiro atoms. The molecule has 0 aliphatic carbocycles. The Morgan fingerprint density at radius 2 is 0.717 bits per heavy atom. The van der Waals surface area contributed by atoms with E-state index in [0.717, 1.165) is 99.9 Å². The number of rotatable bonds is 7. The molecule has 4 heteroatoms. The van der Waals surface area contributed by atoms with Gasteiger partial charge in [-0.25, -0.2) is 0 Å². The summed E-state index contributed by atoms with van der Waals surface area (Å²) in [5.74, 6) is 0. The highest BCUT2D eigenvalue weighted by molar-refractivity contribution is 6.30. The van der Waals surface area contributed by atoms with Gasteiger partial charge in [0.15, 0.2) is 0 Å². The molecular weight excluding hydrogens is 733 g/mol. The first-order valence-electron chi connectivity index (χ1n) is 20.3. The van der Waals surface area contributed by atoms with Gasteiger partial charge in [-0.1, -0.05) is 115 Å². The third-order valence-electron chi connectivity index (χ3n) is 11.8. The van der Waals surface area contributed by atoms with Crippen LogP contribution in [-0.2, 0) is 0 Å². The van der Waals surface area contributed by atoms with Crippen molar-refractivity contribution < 1.29 is 8.83 Å². The van der Waals surface area contributed by atoms with Crippen LogP contribution in [0.25, 0.3) is 76.5 Å². The maximum absolute atomic E-state index is 6.63. The van der Waals surface area contributed by atoms with Crippen LogP contribution in [0, 0.1) is 0 Å². The van der Waals surface area contributed by atoms with Crippen LogP contribution >= 0.6 is 0 Å². The smallest absolute Gasteiger partial charge is 0.143 e. The Hall–Kier alpha value is -8.08. The first kappa shape index (κ1) is 34.0. The van der Waals surface area contributed by atoms with Crippen LogP contribution in [0.5, 0.6) is 0 Å². The monoisotopic (exact) mass is 768 g/mol. The van der Waals surface area contributed by atoms with Gasteiger partial charge in [0.25, 0.3) is 0 Å². The molecule has 60 heavy (non-hydrogen) atoms. The number of nitrogens with zero attached hydrogens (tertiary/aromatic N) is 2. The molecule has 0 N–H and O–H groups in total. The molecule has 4 nitrogen and oxygen atoms in total. The maximum Gasteiger partial charge on any atom is 0.143 e. The Morgan fingerprint density at radius 1 is 0.250 bits per heavy atom. The molecule has 2 heterocycles. The van der Waals surface area contributed by atoms with Gasteiger partial charge in [-0.15, -0.1) is 0 Å². The predicted molar refractivity (Wildman–Crippen MR) is 251 cm³/mol. The van der Waals surface area contributed by atoms with E-state index < -0.39 is 0 Å². The highest BCUT2D eigenvalue weighted by Gasteiger charge is 2.20. The van der Waals surface area contributed by atoms with Crippen molar-refractivity contribution in [3.63, 3.8) is 0 Å². The molecule has 0 aliphatic rings. The number of hydrogen-bond acceptors (Lipinski definition) is 4. The van der Waals surface area contributed by atoms with Crippen molar-refractivity contribution in [1.82, 2.24) is 0 Å². The third kappa shape index (κ3) is 5.53. The quantitative estimate of drug-likeness (QED) is 0.151. The van der Waals surface area contributed by atoms with Gasteiger partial charge >= 0.3 is 0 Å². The minimum absolute atomic E-state index is 0.896. The number of para-hydroxylation sites is 4. The van der Waals surface area contributed by atoms with E-state index in [4.69, 9.17) is 8.83 Å². The standard InChI is InChI=1S/C56H36N2O2/c1-3-13-39(14-4-1)57(40-15-5-2-6-16-40)42-28-30-43(31-29-42)58(41-26-23-37(24-27-41)38-25-34-54-51(35-38)46-18-9-11-21-52(46)59-54)44-32-33-48-50(36-44)45-17-7-8-19-47(45)55-49-20-10-12-22-53(49)60-56(48)55/h1-36H. The van der Waals surface area contributed by atoms with Crippen LogP contribution in [0.2, 0.25) is 0 Å². The van der Waals surface area contributed by atoms with Crippen molar-refractivity contribution in [2.45, 2.75) is 0 Å². The molecule has 0 saturated carbocycles. The van der Waals surface area contributed by atoms with Crippen molar-refractivity contribution in [3.8, 4) is 11.1 Å². The van der Waals surface area contributed by atoms with E-state index in [2.05, 4.69) is 210 Å². The number of fused-ring (bicyclic) bond motifs is 11. The summed E-state index contributed by atoms with van der Waals surface area (Å²) in [4.78, 5) is 4.65. The van der Waals surface area contributed by atoms with Crippen molar-refractivity contribution >= 4 is 99.5 Å². The van der Waals surface area contributed by atoms with E-state index in [9.17, 15) is 0 Å². The van der Waals surface area contributed by atoms with Gasteiger partial charge in [0.1, 0.15) is 22.3 Å². The SMILES string of the molecule is c1ccc(N(c2ccccc2)c2ccc(N(c3ccc(-c4ccc5oc6ccccc6c5c4)cc3)c3ccc4c(c3)c3ccccc3c3c5ccccc5oc43)cc2)cc1. The molecular formula is C56H36N2O2. The third-order valence-corrected chi connectivity index (χ3v) is 11.8. The zero-order valence-corrected chi connectivity index (χ0v) is 32.5. The average molecular weight is 769 g/mol. The van der Waals surface area contributed by atoms with Gasteiger partial charge in [0, 0.05) is 61.1 Å². The molecule has 0 fully saturated rings. The van der Waals surface area contributed by atoms with Gasteiger partial charge in [0.2, 0.25) is 0 Å². The number of benzene rings is 10. The summed E-state index contributed by atoms with van der Waals surface area (Å²) in [6, 6.07) is 77.4. The van der Waals surface area contributed by atoms with Crippen LogP contribution < -0.4 is 9.80 Å². The molecule has 12 rings (SSSR count). The van der Waals surface area contributed by atoms with Crippen LogP contribution in [0.3, 0.4) is 0 Å². The highest BCUT2D eigenvalue weighted by Crippen LogP contribution is 2.45. The summed E-state index contributed by atoms with van der Waals surface area (Å²) in [7, 11) is 0. The van der Waals surface area contributed by atoms with Crippen molar-refractivity contribution in [2.75, 3.05) is 9.80 Å². The first-order chi connectivity index (χ1) is 29.7. The topological polar surface area (TPSA) is 32.8 Å². The molecule has 0 bridgehead atoms. The molecule has 0 radical (unpaired) electrons. The fourth-order valence-corrected chi connectivity index (χ4v) is 9.04. The van der Waals surface area contributed by atoms with Crippen LogP contribution in [0.4, 0.5) is 34.1 Å². The average Bonchev–Trinajstić information content (AvgIpc) is 3.90. The second kappa shape index (κ2) is 13.8. The molecule has 12 aromatic rings. The summed E-state index contributed by atoms with van der Waals surface area (Å²) in [5.41, 5.74) is 12.3. The molecule has 2 aromatic heterocycles. The fourth-order valence-electron chi connectivity index (χ4n) is 9.04. The lowest BCUT2D eigenvalue weighted by atomic mass is 9.96. The summed E-state index contributed by atoms with van der Waals surface area (Å²) < 4.78 is 12.8. The van der Waals surface area contributed by atoms with E-state index in [1.165, 1.54) is 10.8 Å². The first-order valence-corrected chi connectivity index (χ1v) is 20.3. The maximum atomic E-state index is 6.63. The zero-order chi connectivity index (χ0) is 39.6. The Labute approximate surface area is 346 Å². The summed E-state index contributed by atoms with van der Waals surface area (Å²) in [6.45, 7) is 0. The zero-order valence-electron chi connectivity index (χ0n) is 32.5. The molecule has 0 unspecified atom stereocenters. The van der Waals surface area contributed by atoms with Crippen molar-refractivity contribution in [2.24, 2.45) is 0 Å². The molecule has 0 saturated heterocycles. The molecule has 282 valence electrons. The Balaban J connectivity index is 1.02. The molecule has 0 amide bonds. The van der Waals surface area contributed by atoms with Gasteiger partial charge < -0.3 is 18.6 Å². The minimum atomic E-state index is 0.896. The van der Waals surface area contributed by atoms with E-state index in [-0.39, 0.29) is 0 Å². The lowest BCUT2D eigenvalue weighted by Gasteiger charge is -2.28. The predicted octanol–water partition coefficient (Wildman–Crippen LogP) is 16.4. The van der Waals surface area contributed by atoms with E-state index in [0.29, 0.717) is 0 Å². The summed E-state index contributed by atoms with van der Waals surface area (Å²) in [6.07, 6.45) is 0. The van der Waals surface area contributed by atoms with E-state index >= 15 is 0 Å². The summed E-state index contributed by atoms with van der Waals surface area (Å²) in [5, 5.41) is 9.17. The number of hydrogen-bond donors (Lipinski definition) is 0. The van der Waals surface area contributed by atoms with Crippen molar-refractivity contribution in [1.29, 1.82) is 0 Å². The molecule has 0 aliphatic heterocycles. The highest BCUT2D eigenvalue weighted by atomic mass is 16.3. The lowest BCUT2D eigenvalue weighted by Crippen LogP contribution is -2.12. The number of anilines is 6. The van der Waals surface area contributed by atoms with E-state index in [1.807, 2.05) is 18.2 Å². The van der Waals surface area contributed by atoms with Gasteiger partial charge in [-0.3, -0.25) is 0 Å². The number of furan rings is 2. The van der Waals surface area contributed by atoms with Crippen LogP contribution in [0.15, 0.2) is 227 Å². The Morgan fingerprint density at radius 3 is 1.38 bits per heavy atom.